The number of nitrogens with zero attached hydrogens (tertiary/aromatic N) is 1. The van der Waals surface area contributed by atoms with Gasteiger partial charge in [-0.05, 0) is 0 Å². The summed E-state index contributed by atoms with van der Waals surface area (Å²) in [5.41, 5.74) is 0. The van der Waals surface area contributed by atoms with Crippen LogP contribution in [0, 0.1) is 6.33 Å². The Morgan fingerprint density at radius 2 is 2.78 bits per heavy atom. The monoisotopic (exact) mass is 124 g/mol. The summed E-state index contributed by atoms with van der Waals surface area (Å²) in [7, 11) is 0. The topological polar surface area (TPSA) is 57.8 Å². The SMILES string of the molecule is CC(=O)Nc1c[nH][c]n1. The number of aromatic nitrogens is 2. The van der Waals surface area contributed by atoms with Gasteiger partial charge in [0.05, 0.1) is 0 Å². The van der Waals surface area contributed by atoms with Gasteiger partial charge in [0.1, 0.15) is 0 Å². The largest absolute Gasteiger partial charge is 0.340 e. The van der Waals surface area contributed by atoms with Crippen molar-refractivity contribution in [2.75, 3.05) is 5.32 Å². The van der Waals surface area contributed by atoms with E-state index in [4.69, 9.17) is 0 Å². The van der Waals surface area contributed by atoms with Gasteiger partial charge in [-0.15, -0.1) is 0 Å². The molecule has 0 saturated heterocycles. The number of H-pyrrole nitrogens is 1. The van der Waals surface area contributed by atoms with E-state index in [-0.39, 0.29) is 5.91 Å². The molecule has 1 rings (SSSR count). The fourth-order valence-electron chi connectivity index (χ4n) is 0.470. The Bertz CT molecular complexity index is 192. The minimum Gasteiger partial charge on any atom is -0.340 e. The van der Waals surface area contributed by atoms with Crippen molar-refractivity contribution in [3.63, 3.8) is 0 Å². The highest BCUT2D eigenvalue weighted by Gasteiger charge is 1.93. The van der Waals surface area contributed by atoms with Crippen LogP contribution >= 0.6 is 0 Å². The lowest BCUT2D eigenvalue weighted by Crippen LogP contribution is -2.05. The minimum atomic E-state index is -0.129. The predicted molar refractivity (Wildman–Crippen MR) is 31.7 cm³/mol. The maximum Gasteiger partial charge on any atom is 0.222 e. The van der Waals surface area contributed by atoms with Gasteiger partial charge in [-0.25, -0.2) is 4.98 Å². The van der Waals surface area contributed by atoms with E-state index in [0.717, 1.165) is 0 Å². The van der Waals surface area contributed by atoms with Crippen molar-refractivity contribution in [1.82, 2.24) is 9.97 Å². The van der Waals surface area contributed by atoms with Gasteiger partial charge in [0.15, 0.2) is 12.1 Å². The van der Waals surface area contributed by atoms with E-state index in [1.54, 1.807) is 6.20 Å². The molecule has 1 heterocycles. The third-order valence-electron chi connectivity index (χ3n) is 0.754. The number of hydrogen-bond donors (Lipinski definition) is 2. The van der Waals surface area contributed by atoms with Crippen LogP contribution in [-0.2, 0) is 4.79 Å². The first-order chi connectivity index (χ1) is 4.29. The molecule has 0 fully saturated rings. The first kappa shape index (κ1) is 5.81. The Hall–Kier alpha value is -1.32. The number of anilines is 1. The lowest BCUT2D eigenvalue weighted by atomic mass is 10.6. The first-order valence-corrected chi connectivity index (χ1v) is 2.48. The Morgan fingerprint density at radius 3 is 3.22 bits per heavy atom. The van der Waals surface area contributed by atoms with Crippen molar-refractivity contribution in [3.05, 3.63) is 12.5 Å². The second-order valence-electron chi connectivity index (χ2n) is 1.58. The summed E-state index contributed by atoms with van der Waals surface area (Å²) in [6, 6.07) is 0. The molecule has 0 aromatic carbocycles. The summed E-state index contributed by atoms with van der Waals surface area (Å²) in [4.78, 5) is 16.6. The number of rotatable bonds is 1. The molecular formula is C5H6N3O. The number of carbonyl (C=O) groups excluding carboxylic acids is 1. The predicted octanol–water partition coefficient (Wildman–Crippen LogP) is 0.168. The zero-order valence-electron chi connectivity index (χ0n) is 4.93. The van der Waals surface area contributed by atoms with E-state index in [1.165, 1.54) is 6.92 Å². The van der Waals surface area contributed by atoms with Crippen LogP contribution in [0.15, 0.2) is 6.20 Å². The number of imidazole rings is 1. The Balaban J connectivity index is 2.58. The first-order valence-electron chi connectivity index (χ1n) is 2.48. The lowest BCUT2D eigenvalue weighted by Gasteiger charge is -1.91. The molecule has 9 heavy (non-hydrogen) atoms. The Morgan fingerprint density at radius 1 is 2.00 bits per heavy atom. The minimum absolute atomic E-state index is 0.129. The number of aromatic amines is 1. The van der Waals surface area contributed by atoms with Crippen LogP contribution in [0.1, 0.15) is 6.92 Å². The molecule has 0 saturated carbocycles. The van der Waals surface area contributed by atoms with Gasteiger partial charge in [-0.3, -0.25) is 4.79 Å². The Labute approximate surface area is 52.3 Å². The van der Waals surface area contributed by atoms with Crippen molar-refractivity contribution in [2.24, 2.45) is 0 Å². The average molecular weight is 124 g/mol. The number of carbonyl (C=O) groups is 1. The summed E-state index contributed by atoms with van der Waals surface area (Å²) < 4.78 is 0. The van der Waals surface area contributed by atoms with Gasteiger partial charge >= 0.3 is 0 Å². The lowest BCUT2D eigenvalue weighted by molar-refractivity contribution is -0.114. The van der Waals surface area contributed by atoms with Crippen LogP contribution in [0.25, 0.3) is 0 Å². The van der Waals surface area contributed by atoms with Crippen LogP contribution in [-0.4, -0.2) is 15.9 Å². The molecule has 1 amide bonds. The van der Waals surface area contributed by atoms with Crippen LogP contribution in [0.3, 0.4) is 0 Å². The Kier molecular flexibility index (Phi) is 1.48. The van der Waals surface area contributed by atoms with Crippen LogP contribution < -0.4 is 5.32 Å². The third-order valence-corrected chi connectivity index (χ3v) is 0.754. The second-order valence-corrected chi connectivity index (χ2v) is 1.58. The van der Waals surface area contributed by atoms with Crippen LogP contribution in [0.5, 0.6) is 0 Å². The molecule has 0 aliphatic rings. The van der Waals surface area contributed by atoms with E-state index < -0.39 is 0 Å². The molecule has 1 aromatic rings. The quantitative estimate of drug-likeness (QED) is 0.560. The molecule has 0 spiro atoms. The van der Waals surface area contributed by atoms with Gasteiger partial charge in [0.25, 0.3) is 0 Å². The number of hydrogen-bond acceptors (Lipinski definition) is 2. The van der Waals surface area contributed by atoms with Crippen molar-refractivity contribution in [1.29, 1.82) is 0 Å². The maximum atomic E-state index is 10.3. The zero-order valence-corrected chi connectivity index (χ0v) is 4.93. The second kappa shape index (κ2) is 2.30. The molecule has 0 aliphatic carbocycles. The van der Waals surface area contributed by atoms with Gasteiger partial charge in [-0.1, -0.05) is 0 Å². The summed E-state index contributed by atoms with van der Waals surface area (Å²) in [6.45, 7) is 1.43. The zero-order chi connectivity index (χ0) is 6.69. The standard InChI is InChI=1S/C5H6N3O/c1-4(9)8-5-2-6-3-7-5/h2H,1H3,(H,6,7)(H,8,9). The molecule has 4 nitrogen and oxygen atoms in total. The number of nitrogens with one attached hydrogen (secondary N) is 2. The van der Waals surface area contributed by atoms with E-state index >= 15 is 0 Å². The van der Waals surface area contributed by atoms with E-state index in [9.17, 15) is 4.79 Å². The fourth-order valence-corrected chi connectivity index (χ4v) is 0.470. The molecule has 2 N–H and O–H groups in total. The maximum absolute atomic E-state index is 10.3. The molecular weight excluding hydrogens is 118 g/mol. The summed E-state index contributed by atoms with van der Waals surface area (Å²) in [5.74, 6) is 0.373. The van der Waals surface area contributed by atoms with E-state index in [1.807, 2.05) is 0 Å². The van der Waals surface area contributed by atoms with Crippen molar-refractivity contribution in [2.45, 2.75) is 6.92 Å². The van der Waals surface area contributed by atoms with Crippen LogP contribution in [0.4, 0.5) is 5.82 Å². The molecule has 0 unspecified atom stereocenters. The average Bonchev–Trinajstić information content (AvgIpc) is 2.15. The van der Waals surface area contributed by atoms with Gasteiger partial charge in [-0.2, -0.15) is 0 Å². The molecule has 0 atom stereocenters. The molecule has 4 heteroatoms. The normalized spacial score (nSPS) is 9.00. The van der Waals surface area contributed by atoms with Gasteiger partial charge in [0, 0.05) is 13.1 Å². The molecule has 1 radical (unpaired) electrons. The highest BCUT2D eigenvalue weighted by Crippen LogP contribution is 1.95. The molecule has 1 aromatic heterocycles. The van der Waals surface area contributed by atoms with E-state index in [2.05, 4.69) is 21.6 Å². The van der Waals surface area contributed by atoms with E-state index in [0.29, 0.717) is 5.82 Å². The summed E-state index contributed by atoms with van der Waals surface area (Å²) >= 11 is 0. The molecule has 0 aliphatic heterocycles. The van der Waals surface area contributed by atoms with Crippen LogP contribution in [0.2, 0.25) is 0 Å². The highest BCUT2D eigenvalue weighted by atomic mass is 16.1. The number of amides is 1. The third kappa shape index (κ3) is 1.56. The van der Waals surface area contributed by atoms with Gasteiger partial charge < -0.3 is 10.3 Å². The summed E-state index contributed by atoms with van der Waals surface area (Å²) in [6.07, 6.45) is 4.00. The molecule has 0 bridgehead atoms. The smallest absolute Gasteiger partial charge is 0.222 e. The van der Waals surface area contributed by atoms with Crippen molar-refractivity contribution >= 4 is 11.7 Å². The van der Waals surface area contributed by atoms with Crippen molar-refractivity contribution in [3.8, 4) is 0 Å². The highest BCUT2D eigenvalue weighted by molar-refractivity contribution is 5.87. The van der Waals surface area contributed by atoms with Gasteiger partial charge in [0.2, 0.25) is 5.91 Å². The molecule has 47 valence electrons. The summed E-state index contributed by atoms with van der Waals surface area (Å²) in [5, 5.41) is 2.47. The fraction of sp³-hybridized carbons (Fsp3) is 0.200. The van der Waals surface area contributed by atoms with Crippen molar-refractivity contribution < 1.29 is 4.79 Å².